The second-order valence-electron chi connectivity index (χ2n) is 26.5. The molecule has 4 saturated carbocycles. The van der Waals surface area contributed by atoms with Crippen molar-refractivity contribution in [2.45, 2.75) is 273 Å². The number of ether oxygens (including phenoxy) is 12. The number of allylic oxidation sites excluding steroid dienone is 2. The van der Waals surface area contributed by atoms with Crippen molar-refractivity contribution in [1.82, 2.24) is 0 Å². The first-order valence-corrected chi connectivity index (χ1v) is 32.3. The number of carbonyl (C=O) groups excluding carboxylic acids is 3. The molecule has 37 nitrogen and oxygen atoms in total. The van der Waals surface area contributed by atoms with Crippen molar-refractivity contribution in [3.8, 4) is 0 Å². The molecule has 5 saturated heterocycles. The van der Waals surface area contributed by atoms with Crippen molar-refractivity contribution in [2.75, 3.05) is 19.8 Å². The Bertz CT molecular complexity index is 2670. The van der Waals surface area contributed by atoms with Gasteiger partial charge >= 0.3 is 29.8 Å². The Morgan fingerprint density at radius 3 is 1.57 bits per heavy atom. The average Bonchev–Trinajstić information content (AvgIpc) is 0.766. The number of hydrogen-bond donors (Lipinski definition) is 20. The van der Waals surface area contributed by atoms with Gasteiger partial charge < -0.3 is 159 Å². The number of aliphatic hydroxyl groups excluding tert-OH is 18. The molecule has 552 valence electrons. The summed E-state index contributed by atoms with van der Waals surface area (Å²) >= 11 is 0. The smallest absolute Gasteiger partial charge is 0.335 e. The molecule has 9 fully saturated rings. The Balaban J connectivity index is 0.995. The van der Waals surface area contributed by atoms with Gasteiger partial charge in [0.1, 0.15) is 111 Å². The van der Waals surface area contributed by atoms with Crippen LogP contribution in [0.1, 0.15) is 77.0 Å². The summed E-state index contributed by atoms with van der Waals surface area (Å²) in [7, 11) is 0. The first-order chi connectivity index (χ1) is 45.9. The van der Waals surface area contributed by atoms with Crippen LogP contribution in [0.25, 0.3) is 0 Å². The van der Waals surface area contributed by atoms with Crippen molar-refractivity contribution in [3.05, 3.63) is 24.3 Å². The molecule has 9 aliphatic rings. The van der Waals surface area contributed by atoms with E-state index < -0.39 is 283 Å². The third kappa shape index (κ3) is 18.5. The third-order valence-corrected chi connectivity index (χ3v) is 19.7. The highest BCUT2D eigenvalue weighted by Crippen LogP contribution is 2.46. The number of hydrogen-bond acceptors (Lipinski definition) is 35. The van der Waals surface area contributed by atoms with E-state index in [1.807, 2.05) is 0 Å². The number of carboxylic acids is 2. The number of carbonyl (C=O) groups is 5. The Hall–Kier alpha value is -4.25. The van der Waals surface area contributed by atoms with E-state index in [0.717, 1.165) is 12.2 Å². The lowest BCUT2D eigenvalue weighted by Crippen LogP contribution is -2.66. The van der Waals surface area contributed by atoms with E-state index >= 15 is 0 Å². The van der Waals surface area contributed by atoms with Gasteiger partial charge in [0, 0.05) is 30.9 Å². The molecular formula is C60H90O37. The van der Waals surface area contributed by atoms with Crippen molar-refractivity contribution >= 4 is 29.8 Å². The molecule has 20 N–H and O–H groups in total. The fourth-order valence-corrected chi connectivity index (χ4v) is 14.1. The molecule has 0 radical (unpaired) electrons. The van der Waals surface area contributed by atoms with Gasteiger partial charge in [-0.1, -0.05) is 12.2 Å². The zero-order chi connectivity index (χ0) is 70.6. The van der Waals surface area contributed by atoms with E-state index in [1.54, 1.807) is 0 Å². The maximum Gasteiger partial charge on any atom is 0.335 e. The molecule has 37 heteroatoms. The predicted molar refractivity (Wildman–Crippen MR) is 307 cm³/mol. The lowest BCUT2D eigenvalue weighted by molar-refractivity contribution is -0.380. The van der Waals surface area contributed by atoms with Gasteiger partial charge in [-0.15, -0.1) is 0 Å². The number of aliphatic hydroxyl groups is 18. The number of esters is 3. The zero-order valence-electron chi connectivity index (χ0n) is 52.1. The van der Waals surface area contributed by atoms with Crippen molar-refractivity contribution in [1.29, 1.82) is 0 Å². The maximum atomic E-state index is 13.5. The van der Waals surface area contributed by atoms with Gasteiger partial charge in [0.05, 0.1) is 73.8 Å². The van der Waals surface area contributed by atoms with Gasteiger partial charge in [-0.25, -0.2) is 14.4 Å². The van der Waals surface area contributed by atoms with Crippen LogP contribution in [0, 0.1) is 23.7 Å². The fraction of sp³-hybridized carbons (Fsp3) is 0.850. The molecule has 0 aromatic carbocycles. The lowest BCUT2D eigenvalue weighted by atomic mass is 9.72. The normalized spacial score (nSPS) is 47.6. The number of fused-ring (bicyclic) bond motifs is 1. The van der Waals surface area contributed by atoms with E-state index in [-0.39, 0.29) is 50.9 Å². The molecule has 0 spiro atoms. The van der Waals surface area contributed by atoms with Crippen molar-refractivity contribution < 1.29 is 183 Å². The van der Waals surface area contributed by atoms with Gasteiger partial charge in [-0.05, 0) is 75.5 Å². The predicted octanol–water partition coefficient (Wildman–Crippen LogP) is -9.20. The van der Waals surface area contributed by atoms with Crippen LogP contribution in [-0.2, 0) is 80.8 Å². The third-order valence-electron chi connectivity index (χ3n) is 19.7. The van der Waals surface area contributed by atoms with Crippen molar-refractivity contribution in [3.63, 3.8) is 0 Å². The quantitative estimate of drug-likeness (QED) is 0.0207. The monoisotopic (exact) mass is 1400 g/mol. The molecule has 4 aliphatic carbocycles. The topological polar surface area (TPSA) is 601 Å². The summed E-state index contributed by atoms with van der Waals surface area (Å²) in [4.78, 5) is 62.3. The Morgan fingerprint density at radius 1 is 0.423 bits per heavy atom. The molecule has 0 aromatic rings. The van der Waals surface area contributed by atoms with Gasteiger partial charge in [0.2, 0.25) is 0 Å². The number of carboxylic acid groups (broad SMARTS) is 2. The second kappa shape index (κ2) is 33.7. The summed E-state index contributed by atoms with van der Waals surface area (Å²) in [6, 6.07) is 0. The van der Waals surface area contributed by atoms with Gasteiger partial charge in [-0.3, -0.25) is 9.59 Å². The van der Waals surface area contributed by atoms with Gasteiger partial charge in [0.15, 0.2) is 37.4 Å². The lowest BCUT2D eigenvalue weighted by Gasteiger charge is -2.53. The first-order valence-electron chi connectivity index (χ1n) is 32.3. The van der Waals surface area contributed by atoms with Crippen LogP contribution in [0.3, 0.4) is 0 Å². The molecule has 0 bridgehead atoms. The minimum Gasteiger partial charge on any atom is -0.481 e. The zero-order valence-corrected chi connectivity index (χ0v) is 52.1. The van der Waals surface area contributed by atoms with Crippen LogP contribution < -0.4 is 0 Å². The fourth-order valence-electron chi connectivity index (χ4n) is 14.1. The Morgan fingerprint density at radius 2 is 0.959 bits per heavy atom. The Kier molecular flexibility index (Phi) is 26.7. The molecule has 0 aromatic heterocycles. The van der Waals surface area contributed by atoms with Crippen LogP contribution in [0.4, 0.5) is 0 Å². The summed E-state index contributed by atoms with van der Waals surface area (Å²) in [5.74, 6) is -9.71. The van der Waals surface area contributed by atoms with Crippen LogP contribution in [0.5, 0.6) is 0 Å². The van der Waals surface area contributed by atoms with Crippen LogP contribution in [0.2, 0.25) is 0 Å². The second-order valence-corrected chi connectivity index (χ2v) is 26.5. The van der Waals surface area contributed by atoms with Crippen LogP contribution in [0.15, 0.2) is 24.3 Å². The summed E-state index contributed by atoms with van der Waals surface area (Å²) in [5.41, 5.74) is 0. The summed E-state index contributed by atoms with van der Waals surface area (Å²) in [5, 5.41) is 216. The molecule has 9 rings (SSSR count). The van der Waals surface area contributed by atoms with Crippen LogP contribution in [-0.4, -0.2) is 348 Å². The molecule has 36 atom stereocenters. The first kappa shape index (κ1) is 76.9. The average molecular weight is 1400 g/mol. The molecule has 5 aliphatic heterocycles. The number of rotatable bonds is 22. The van der Waals surface area contributed by atoms with Crippen LogP contribution >= 0.6 is 0 Å². The maximum absolute atomic E-state index is 13.5. The highest BCUT2D eigenvalue weighted by atomic mass is 16.8. The number of aliphatic carboxylic acids is 2. The standard InChI is InChI=1S/C60H90O37/c61-17-34-42(74)47(79)54(95-39(71)8-4-21-2-6-26(63)29(66)10-21)60(92-34)97-55-48(80)44(76)36(19-87-40(72)16-37(68)69)94-59(55)91-33-15-24-27(64)13-23(88-57-50(82)45(77)43(75)35(93-57)18-86-38(70)7-3-20-1-5-25(62)28(65)9-20)14-31(24)89-52(33)22-11-30(67)41(73)32(12-22)90-58-51(83)46(78)49(81)53(96-58)56(84)85/h3-4,7-8,20-36,41-55,57-67,73-83H,1-2,5-6,9-19H2,(H,68,69)(H,84,85)/t20?,21?,22?,23?,24?,25?,26?,27?,28?,29?,30?,31?,32?,33?,34-,35-,36-,41?,42-,43-,44+,45+,46+,47+,48+,49+,50-,51-,52?,53+,54-,55-,57-,58-,59-,60+/m1/s1. The van der Waals surface area contributed by atoms with Crippen molar-refractivity contribution in [2.24, 2.45) is 23.7 Å². The molecule has 97 heavy (non-hydrogen) atoms. The molecular weight excluding hydrogens is 1310 g/mol. The van der Waals surface area contributed by atoms with E-state index in [1.165, 1.54) is 12.2 Å². The van der Waals surface area contributed by atoms with E-state index in [2.05, 4.69) is 0 Å². The van der Waals surface area contributed by atoms with Gasteiger partial charge in [0.25, 0.3) is 0 Å². The van der Waals surface area contributed by atoms with E-state index in [4.69, 9.17) is 56.8 Å². The summed E-state index contributed by atoms with van der Waals surface area (Å²) < 4.78 is 70.9. The van der Waals surface area contributed by atoms with E-state index in [9.17, 15) is 126 Å². The largest absolute Gasteiger partial charge is 0.481 e. The Labute approximate surface area is 552 Å². The summed E-state index contributed by atoms with van der Waals surface area (Å²) in [6.45, 7) is -2.68. The molecule has 0 amide bonds. The summed E-state index contributed by atoms with van der Waals surface area (Å²) in [6.07, 6.45) is -53.0. The highest BCUT2D eigenvalue weighted by Gasteiger charge is 2.58. The highest BCUT2D eigenvalue weighted by molar-refractivity contribution is 5.90. The van der Waals surface area contributed by atoms with E-state index in [0.29, 0.717) is 12.8 Å². The molecule has 5 heterocycles. The minimum absolute atomic E-state index is 0.0579. The van der Waals surface area contributed by atoms with Gasteiger partial charge in [-0.2, -0.15) is 0 Å². The minimum atomic E-state index is -2.28. The molecule has 16 unspecified atom stereocenters. The SMILES string of the molecule is O=C(O)CC(=O)OC[C@H]1O[C@@H](OC2CC3C(O)CC(O[C@@H]4O[C@H](COC(=O)C=CC5CCC(O)C(O)C5)[C@@H](O)[C@H](O)[C@H]4O)CC3OC2C2CC(O)C(O)C(O[C@@H]3O[C@H](C(=O)O)[C@@H](O)[C@H](O)[C@H]3O)C2)[C@H](O[C@@H]2O[C@H](CO)[C@@H](O)[C@H](O)[C@H]2OC(=O)C=CC2CCC(O)C(O)C2)[C@@H](O)[C@H]1O.